The molecule has 5 nitrogen and oxygen atoms in total. The van der Waals surface area contributed by atoms with Crippen molar-refractivity contribution in [3.63, 3.8) is 0 Å². The fraction of sp³-hybridized carbons (Fsp3) is 0.0909. The van der Waals surface area contributed by atoms with Gasteiger partial charge in [-0.1, -0.05) is 36.4 Å². The Hall–Kier alpha value is -3.60. The van der Waals surface area contributed by atoms with Gasteiger partial charge in [0, 0.05) is 28.9 Å². The number of aliphatic hydroxyl groups excluding tert-OH is 1. The highest BCUT2D eigenvalue weighted by atomic mass is 16.5. The van der Waals surface area contributed by atoms with Gasteiger partial charge in [-0.25, -0.2) is 4.79 Å². The van der Waals surface area contributed by atoms with Gasteiger partial charge in [-0.2, -0.15) is 0 Å². The summed E-state index contributed by atoms with van der Waals surface area (Å²) in [6, 6.07) is 17.8. The Balaban J connectivity index is 1.92. The summed E-state index contributed by atoms with van der Waals surface area (Å²) in [5.74, 6) is -2.13. The standard InChI is InChI=1S/C22H19NO4/c1-2-27-22(26)21(25)14-18(24)13-12-16-15-23(17-8-4-3-5-9-17)20-11-7-6-10-19(16)20/h3-15,25H,2H2,1H3/b13-12+,21-14-. The third-order valence-electron chi connectivity index (χ3n) is 3.97. The lowest BCUT2D eigenvalue weighted by Gasteiger charge is -2.04. The molecule has 0 aliphatic carbocycles. The molecule has 3 rings (SSSR count). The van der Waals surface area contributed by atoms with Crippen LogP contribution in [-0.4, -0.2) is 28.0 Å². The number of ketones is 1. The largest absolute Gasteiger partial charge is 0.502 e. The molecule has 1 heterocycles. The molecule has 1 aromatic heterocycles. The van der Waals surface area contributed by atoms with Crippen LogP contribution in [0.5, 0.6) is 0 Å². The van der Waals surface area contributed by atoms with Gasteiger partial charge in [-0.3, -0.25) is 4.79 Å². The molecule has 136 valence electrons. The van der Waals surface area contributed by atoms with E-state index in [9.17, 15) is 14.7 Å². The number of rotatable bonds is 6. The maximum Gasteiger partial charge on any atom is 0.373 e. The van der Waals surface area contributed by atoms with Gasteiger partial charge < -0.3 is 14.4 Å². The van der Waals surface area contributed by atoms with Crippen LogP contribution in [0, 0.1) is 0 Å². The van der Waals surface area contributed by atoms with Crippen molar-refractivity contribution in [2.45, 2.75) is 6.92 Å². The number of ether oxygens (including phenoxy) is 1. The molecule has 0 spiro atoms. The number of nitrogens with zero attached hydrogens (tertiary/aromatic N) is 1. The molecule has 0 radical (unpaired) electrons. The Morgan fingerprint density at radius 2 is 1.78 bits per heavy atom. The second kappa shape index (κ2) is 8.19. The Morgan fingerprint density at radius 1 is 1.07 bits per heavy atom. The number of para-hydroxylation sites is 2. The highest BCUT2D eigenvalue weighted by Crippen LogP contribution is 2.25. The number of benzene rings is 2. The number of carbonyl (C=O) groups is 2. The molecule has 27 heavy (non-hydrogen) atoms. The summed E-state index contributed by atoms with van der Waals surface area (Å²) in [5, 5.41) is 10.6. The number of esters is 1. The van der Waals surface area contributed by atoms with E-state index in [1.54, 1.807) is 13.0 Å². The van der Waals surface area contributed by atoms with E-state index in [2.05, 4.69) is 4.74 Å². The number of hydrogen-bond acceptors (Lipinski definition) is 4. The van der Waals surface area contributed by atoms with E-state index in [-0.39, 0.29) is 6.61 Å². The molecule has 0 fully saturated rings. The first kappa shape index (κ1) is 18.2. The zero-order valence-electron chi connectivity index (χ0n) is 14.8. The maximum atomic E-state index is 12.0. The highest BCUT2D eigenvalue weighted by Gasteiger charge is 2.10. The Labute approximate surface area is 156 Å². The molecule has 0 bridgehead atoms. The third kappa shape index (κ3) is 4.15. The van der Waals surface area contributed by atoms with Gasteiger partial charge in [0.15, 0.2) is 5.78 Å². The van der Waals surface area contributed by atoms with Crippen LogP contribution < -0.4 is 0 Å². The van der Waals surface area contributed by atoms with E-state index in [0.29, 0.717) is 0 Å². The number of hydrogen-bond donors (Lipinski definition) is 1. The van der Waals surface area contributed by atoms with Gasteiger partial charge in [0.1, 0.15) is 0 Å². The van der Waals surface area contributed by atoms with Crippen molar-refractivity contribution in [2.75, 3.05) is 6.61 Å². The predicted octanol–water partition coefficient (Wildman–Crippen LogP) is 4.22. The van der Waals surface area contributed by atoms with Crippen molar-refractivity contribution >= 4 is 28.7 Å². The minimum absolute atomic E-state index is 0.125. The third-order valence-corrected chi connectivity index (χ3v) is 3.97. The molecule has 0 unspecified atom stereocenters. The Morgan fingerprint density at radius 3 is 2.52 bits per heavy atom. The minimum Gasteiger partial charge on any atom is -0.502 e. The van der Waals surface area contributed by atoms with Crippen LogP contribution in [0.1, 0.15) is 12.5 Å². The van der Waals surface area contributed by atoms with Crippen molar-refractivity contribution in [3.8, 4) is 5.69 Å². The lowest BCUT2D eigenvalue weighted by molar-refractivity contribution is -0.141. The molecular weight excluding hydrogens is 342 g/mol. The first-order chi connectivity index (χ1) is 13.1. The summed E-state index contributed by atoms with van der Waals surface area (Å²) >= 11 is 0. The zero-order valence-corrected chi connectivity index (χ0v) is 14.8. The van der Waals surface area contributed by atoms with Crippen LogP contribution in [0.15, 0.2) is 78.7 Å². The van der Waals surface area contributed by atoms with Crippen molar-refractivity contribution in [2.24, 2.45) is 0 Å². The van der Waals surface area contributed by atoms with Crippen LogP contribution in [0.4, 0.5) is 0 Å². The zero-order chi connectivity index (χ0) is 19.2. The average molecular weight is 361 g/mol. The van der Waals surface area contributed by atoms with Crippen LogP contribution in [0.25, 0.3) is 22.7 Å². The van der Waals surface area contributed by atoms with Crippen LogP contribution in [0.2, 0.25) is 0 Å². The maximum absolute atomic E-state index is 12.0. The van der Waals surface area contributed by atoms with Crippen molar-refractivity contribution in [1.29, 1.82) is 0 Å². The van der Waals surface area contributed by atoms with E-state index in [1.165, 1.54) is 6.08 Å². The van der Waals surface area contributed by atoms with Gasteiger partial charge in [-0.15, -0.1) is 0 Å². The van der Waals surface area contributed by atoms with Gasteiger partial charge in [-0.05, 0) is 37.3 Å². The first-order valence-corrected chi connectivity index (χ1v) is 8.55. The van der Waals surface area contributed by atoms with Crippen molar-refractivity contribution in [3.05, 3.63) is 84.3 Å². The number of aromatic nitrogens is 1. The fourth-order valence-electron chi connectivity index (χ4n) is 2.76. The SMILES string of the molecule is CCOC(=O)/C(O)=C/C(=O)/C=C/c1cn(-c2ccccc2)c2ccccc12. The second-order valence-electron chi connectivity index (χ2n) is 5.79. The second-order valence-corrected chi connectivity index (χ2v) is 5.79. The van der Waals surface area contributed by atoms with Crippen molar-refractivity contribution < 1.29 is 19.4 Å². The van der Waals surface area contributed by atoms with E-state index in [1.807, 2.05) is 65.4 Å². The topological polar surface area (TPSA) is 68.5 Å². The summed E-state index contributed by atoms with van der Waals surface area (Å²) in [6.07, 6.45) is 5.77. The lowest BCUT2D eigenvalue weighted by atomic mass is 10.1. The Kier molecular flexibility index (Phi) is 5.52. The van der Waals surface area contributed by atoms with Gasteiger partial charge in [0.2, 0.25) is 5.76 Å². The molecule has 5 heteroatoms. The summed E-state index contributed by atoms with van der Waals surface area (Å²) in [4.78, 5) is 23.4. The molecule has 1 N–H and O–H groups in total. The van der Waals surface area contributed by atoms with E-state index >= 15 is 0 Å². The summed E-state index contributed by atoms with van der Waals surface area (Å²) in [6.45, 7) is 1.75. The van der Waals surface area contributed by atoms with Gasteiger partial charge >= 0.3 is 5.97 Å². The molecule has 0 saturated heterocycles. The summed E-state index contributed by atoms with van der Waals surface area (Å²) in [7, 11) is 0. The average Bonchev–Trinajstić information content (AvgIpc) is 3.06. The molecule has 0 aliphatic rings. The Bertz CT molecular complexity index is 1030. The van der Waals surface area contributed by atoms with Crippen molar-refractivity contribution in [1.82, 2.24) is 4.57 Å². The molecule has 0 saturated carbocycles. The van der Waals surface area contributed by atoms with Crippen LogP contribution in [-0.2, 0) is 14.3 Å². The molecule has 2 aromatic carbocycles. The minimum atomic E-state index is -0.917. The molecule has 0 amide bonds. The number of allylic oxidation sites excluding steroid dienone is 2. The molecule has 0 atom stereocenters. The highest BCUT2D eigenvalue weighted by molar-refractivity contribution is 6.07. The van der Waals surface area contributed by atoms with Crippen LogP contribution in [0.3, 0.4) is 0 Å². The summed E-state index contributed by atoms with van der Waals surface area (Å²) in [5.41, 5.74) is 2.88. The first-order valence-electron chi connectivity index (χ1n) is 8.55. The quantitative estimate of drug-likeness (QED) is 0.405. The molecular formula is C22H19NO4. The predicted molar refractivity (Wildman–Crippen MR) is 105 cm³/mol. The van der Waals surface area contributed by atoms with E-state index < -0.39 is 17.5 Å². The normalized spacial score (nSPS) is 11.8. The van der Waals surface area contributed by atoms with Gasteiger partial charge in [0.25, 0.3) is 0 Å². The fourth-order valence-corrected chi connectivity index (χ4v) is 2.76. The summed E-state index contributed by atoms with van der Waals surface area (Å²) < 4.78 is 6.69. The van der Waals surface area contributed by atoms with E-state index in [0.717, 1.165) is 28.2 Å². The van der Waals surface area contributed by atoms with Gasteiger partial charge in [0.05, 0.1) is 12.1 Å². The van der Waals surface area contributed by atoms with Crippen LogP contribution >= 0.6 is 0 Å². The number of aliphatic hydroxyl groups is 1. The van der Waals surface area contributed by atoms with E-state index in [4.69, 9.17) is 0 Å². The smallest absolute Gasteiger partial charge is 0.373 e. The number of fused-ring (bicyclic) bond motifs is 1. The lowest BCUT2D eigenvalue weighted by Crippen LogP contribution is -2.08. The molecule has 0 aliphatic heterocycles. The number of carbonyl (C=O) groups excluding carboxylic acids is 2. The monoisotopic (exact) mass is 361 g/mol. The molecule has 3 aromatic rings.